The van der Waals surface area contributed by atoms with Crippen LogP contribution in [0, 0.1) is 6.92 Å². The Morgan fingerprint density at radius 2 is 1.76 bits per heavy atom. The number of aryl methyl sites for hydroxylation is 1. The van der Waals surface area contributed by atoms with E-state index in [4.69, 9.17) is 9.47 Å². The van der Waals surface area contributed by atoms with Crippen molar-refractivity contribution in [3.05, 3.63) is 90.3 Å². The molecule has 1 unspecified atom stereocenters. The third-order valence-corrected chi connectivity index (χ3v) is 6.29. The molecule has 0 radical (unpaired) electrons. The van der Waals surface area contributed by atoms with Crippen LogP contribution in [0.5, 0.6) is 11.5 Å². The van der Waals surface area contributed by atoms with Crippen molar-refractivity contribution in [3.63, 3.8) is 0 Å². The number of ether oxygens (including phenoxy) is 2. The van der Waals surface area contributed by atoms with Gasteiger partial charge in [0.15, 0.2) is 0 Å². The molecule has 4 aromatic rings. The van der Waals surface area contributed by atoms with Crippen LogP contribution in [-0.4, -0.2) is 33.7 Å². The van der Waals surface area contributed by atoms with Crippen molar-refractivity contribution in [1.29, 1.82) is 0 Å². The first-order chi connectivity index (χ1) is 18.0. The lowest BCUT2D eigenvalue weighted by atomic mass is 9.99. The molecule has 1 amide bonds. The minimum Gasteiger partial charge on any atom is -0.457 e. The maximum absolute atomic E-state index is 12.3. The molecule has 3 aromatic carbocycles. The van der Waals surface area contributed by atoms with Crippen molar-refractivity contribution in [2.24, 2.45) is 0 Å². The zero-order valence-electron chi connectivity index (χ0n) is 21.1. The van der Waals surface area contributed by atoms with E-state index in [-0.39, 0.29) is 12.1 Å². The third kappa shape index (κ3) is 5.38. The molecule has 1 aliphatic heterocycles. The highest BCUT2D eigenvalue weighted by Gasteiger charge is 2.35. The molecule has 188 valence electrons. The van der Waals surface area contributed by atoms with Gasteiger partial charge in [-0.1, -0.05) is 61.5 Å². The van der Waals surface area contributed by atoms with Crippen LogP contribution in [-0.2, 0) is 4.74 Å². The molecule has 0 aliphatic carbocycles. The number of nitrogens with one attached hydrogen (secondary N) is 1. The van der Waals surface area contributed by atoms with Crippen LogP contribution in [0.1, 0.15) is 37.7 Å². The molecule has 1 aromatic heterocycles. The number of carbonyl (C=O) groups excluding carboxylic acids is 1. The van der Waals surface area contributed by atoms with Gasteiger partial charge in [0, 0.05) is 5.56 Å². The predicted octanol–water partition coefficient (Wildman–Crippen LogP) is 6.55. The van der Waals surface area contributed by atoms with Crippen LogP contribution in [0.2, 0.25) is 0 Å². The van der Waals surface area contributed by atoms with E-state index in [0.29, 0.717) is 24.3 Å². The number of aromatic nitrogens is 3. The van der Waals surface area contributed by atoms with Crippen molar-refractivity contribution in [3.8, 4) is 22.6 Å². The molecule has 2 atom stereocenters. The van der Waals surface area contributed by atoms with Gasteiger partial charge in [0.2, 0.25) is 11.9 Å². The molecule has 0 bridgehead atoms. The summed E-state index contributed by atoms with van der Waals surface area (Å²) in [6, 6.07) is 25.8. The first kappa shape index (κ1) is 24.2. The average Bonchev–Trinajstić information content (AvgIpc) is 3.30. The van der Waals surface area contributed by atoms with Crippen molar-refractivity contribution >= 4 is 18.0 Å². The largest absolute Gasteiger partial charge is 0.457 e. The van der Waals surface area contributed by atoms with Gasteiger partial charge < -0.3 is 14.8 Å². The SMILES string of the molecule is CC[C@H]1COC(=O)N1c1nc(C)nc(NC(C)c2ccc(Oc3ccccc3)c(-c3ccccc3)c2)n1. The van der Waals surface area contributed by atoms with Crippen LogP contribution in [0.25, 0.3) is 11.1 Å². The second-order valence-corrected chi connectivity index (χ2v) is 8.92. The fraction of sp³-hybridized carbons (Fsp3) is 0.241. The van der Waals surface area contributed by atoms with E-state index in [0.717, 1.165) is 34.6 Å². The summed E-state index contributed by atoms with van der Waals surface area (Å²) < 4.78 is 11.5. The minimum absolute atomic E-state index is 0.0924. The molecule has 37 heavy (non-hydrogen) atoms. The topological polar surface area (TPSA) is 89.5 Å². The van der Waals surface area contributed by atoms with E-state index in [1.54, 1.807) is 6.92 Å². The predicted molar refractivity (Wildman–Crippen MR) is 143 cm³/mol. The number of carbonyl (C=O) groups is 1. The lowest BCUT2D eigenvalue weighted by Crippen LogP contribution is -2.34. The van der Waals surface area contributed by atoms with Crippen LogP contribution < -0.4 is 15.0 Å². The number of para-hydroxylation sites is 1. The quantitative estimate of drug-likeness (QED) is 0.296. The van der Waals surface area contributed by atoms with Crippen LogP contribution in [0.15, 0.2) is 78.9 Å². The summed E-state index contributed by atoms with van der Waals surface area (Å²) in [5.74, 6) is 2.76. The Labute approximate surface area is 216 Å². The Balaban J connectivity index is 1.44. The molecular formula is C29H29N5O3. The zero-order valence-corrected chi connectivity index (χ0v) is 21.1. The average molecular weight is 496 g/mol. The summed E-state index contributed by atoms with van der Waals surface area (Å²) in [4.78, 5) is 27.2. The number of rotatable bonds is 8. The second-order valence-electron chi connectivity index (χ2n) is 8.92. The van der Waals surface area contributed by atoms with Gasteiger partial charge in [0.05, 0.1) is 12.1 Å². The summed E-state index contributed by atoms with van der Waals surface area (Å²) in [6.07, 6.45) is 0.313. The van der Waals surface area contributed by atoms with Gasteiger partial charge in [-0.15, -0.1) is 0 Å². The first-order valence-electron chi connectivity index (χ1n) is 12.4. The molecule has 5 rings (SSSR count). The molecule has 1 aliphatic rings. The number of hydrogen-bond donors (Lipinski definition) is 1. The van der Waals surface area contributed by atoms with Crippen molar-refractivity contribution < 1.29 is 14.3 Å². The fourth-order valence-corrected chi connectivity index (χ4v) is 4.29. The highest BCUT2D eigenvalue weighted by atomic mass is 16.6. The van der Waals surface area contributed by atoms with Crippen LogP contribution >= 0.6 is 0 Å². The van der Waals surface area contributed by atoms with Crippen LogP contribution in [0.4, 0.5) is 16.7 Å². The number of cyclic esters (lactones) is 1. The Morgan fingerprint density at radius 3 is 2.49 bits per heavy atom. The summed E-state index contributed by atoms with van der Waals surface area (Å²) >= 11 is 0. The van der Waals surface area contributed by atoms with Crippen molar-refractivity contribution in [1.82, 2.24) is 15.0 Å². The number of nitrogens with zero attached hydrogens (tertiary/aromatic N) is 4. The molecule has 0 saturated carbocycles. The summed E-state index contributed by atoms with van der Waals surface area (Å²) in [7, 11) is 0. The summed E-state index contributed by atoms with van der Waals surface area (Å²) in [5, 5.41) is 3.38. The fourth-order valence-electron chi connectivity index (χ4n) is 4.29. The number of hydrogen-bond acceptors (Lipinski definition) is 7. The van der Waals surface area contributed by atoms with Crippen molar-refractivity contribution in [2.45, 2.75) is 39.3 Å². The van der Waals surface area contributed by atoms with Gasteiger partial charge in [-0.05, 0) is 55.7 Å². The molecule has 8 heteroatoms. The van der Waals surface area contributed by atoms with Gasteiger partial charge in [-0.3, -0.25) is 0 Å². The highest BCUT2D eigenvalue weighted by Crippen LogP contribution is 2.36. The summed E-state index contributed by atoms with van der Waals surface area (Å²) in [5.41, 5.74) is 3.07. The van der Waals surface area contributed by atoms with E-state index >= 15 is 0 Å². The lowest BCUT2D eigenvalue weighted by Gasteiger charge is -2.21. The van der Waals surface area contributed by atoms with Gasteiger partial charge in [-0.2, -0.15) is 15.0 Å². The highest BCUT2D eigenvalue weighted by molar-refractivity contribution is 5.88. The summed E-state index contributed by atoms with van der Waals surface area (Å²) in [6.45, 7) is 6.16. The molecule has 2 heterocycles. The van der Waals surface area contributed by atoms with E-state index in [2.05, 4.69) is 38.5 Å². The molecule has 8 nitrogen and oxygen atoms in total. The smallest absolute Gasteiger partial charge is 0.417 e. The molecule has 1 fully saturated rings. The van der Waals surface area contributed by atoms with Gasteiger partial charge in [0.1, 0.15) is 23.9 Å². The van der Waals surface area contributed by atoms with Gasteiger partial charge >= 0.3 is 6.09 Å². The zero-order chi connectivity index (χ0) is 25.8. The van der Waals surface area contributed by atoms with E-state index in [1.165, 1.54) is 4.90 Å². The van der Waals surface area contributed by atoms with Gasteiger partial charge in [0.25, 0.3) is 0 Å². The lowest BCUT2D eigenvalue weighted by molar-refractivity contribution is 0.178. The standard InChI is InChI=1S/C29H29N5O3/c1-4-23-18-36-29(35)34(23)28-32-20(3)31-27(33-28)30-19(2)22-15-16-26(37-24-13-9-6-10-14-24)25(17-22)21-11-7-5-8-12-21/h5-17,19,23H,4,18H2,1-3H3,(H,30,31,32,33)/t19?,23-/m0/s1. The van der Waals surface area contributed by atoms with Crippen LogP contribution in [0.3, 0.4) is 0 Å². The maximum atomic E-state index is 12.3. The molecule has 0 spiro atoms. The molecule has 1 N–H and O–H groups in total. The maximum Gasteiger partial charge on any atom is 0.417 e. The molecular weight excluding hydrogens is 466 g/mol. The number of amides is 1. The van der Waals surface area contributed by atoms with E-state index < -0.39 is 6.09 Å². The number of benzene rings is 3. The van der Waals surface area contributed by atoms with E-state index in [1.807, 2.05) is 74.5 Å². The Kier molecular flexibility index (Phi) is 6.98. The Morgan fingerprint density at radius 1 is 1.03 bits per heavy atom. The monoisotopic (exact) mass is 495 g/mol. The van der Waals surface area contributed by atoms with E-state index in [9.17, 15) is 4.79 Å². The first-order valence-corrected chi connectivity index (χ1v) is 12.4. The minimum atomic E-state index is -0.432. The Bertz CT molecular complexity index is 1380. The number of anilines is 2. The Hall–Kier alpha value is -4.46. The van der Waals surface area contributed by atoms with Gasteiger partial charge in [-0.25, -0.2) is 9.69 Å². The molecule has 1 saturated heterocycles. The normalized spacial score (nSPS) is 15.8. The van der Waals surface area contributed by atoms with Crippen molar-refractivity contribution in [2.75, 3.05) is 16.8 Å². The third-order valence-electron chi connectivity index (χ3n) is 6.29. The second kappa shape index (κ2) is 10.7.